The molecule has 4 saturated heterocycles. The van der Waals surface area contributed by atoms with Crippen molar-refractivity contribution in [3.63, 3.8) is 0 Å². The molecule has 0 atom stereocenters. The van der Waals surface area contributed by atoms with Crippen LogP contribution in [0.5, 0.6) is 0 Å². The molecule has 0 saturated carbocycles. The number of carbonyl (C=O) groups excluding carboxylic acids is 3. The van der Waals surface area contributed by atoms with Crippen molar-refractivity contribution in [3.05, 3.63) is 99.9 Å². The summed E-state index contributed by atoms with van der Waals surface area (Å²) in [6, 6.07) is 19.9. The molecule has 3 amide bonds. The highest BCUT2D eigenvalue weighted by Gasteiger charge is 2.28. The van der Waals surface area contributed by atoms with Crippen LogP contribution in [-0.4, -0.2) is 101 Å². The predicted octanol–water partition coefficient (Wildman–Crippen LogP) is 6.94. The fourth-order valence-electron chi connectivity index (χ4n) is 8.08. The number of piperazine rings is 1. The summed E-state index contributed by atoms with van der Waals surface area (Å²) in [6.07, 6.45) is 8.33. The molecule has 0 bridgehead atoms. The molecule has 0 spiro atoms. The number of nitrogens with one attached hydrogen (secondary N) is 2. The highest BCUT2D eigenvalue weighted by atomic mass is 35.5. The lowest BCUT2D eigenvalue weighted by molar-refractivity contribution is -0.132. The number of para-hydroxylation sites is 1. The van der Waals surface area contributed by atoms with Gasteiger partial charge in [0.2, 0.25) is 11.8 Å². The summed E-state index contributed by atoms with van der Waals surface area (Å²) in [5.41, 5.74) is 3.72. The second kappa shape index (κ2) is 19.1. The normalized spacial score (nSPS) is 19.0. The summed E-state index contributed by atoms with van der Waals surface area (Å²) in [5.74, 6) is 0.847. The van der Waals surface area contributed by atoms with Crippen molar-refractivity contribution in [2.75, 3.05) is 69.1 Å². The number of halogens is 2. The number of aromatic nitrogens is 2. The topological polar surface area (TPSA) is 114 Å². The third-order valence-electron chi connectivity index (χ3n) is 11.2. The van der Waals surface area contributed by atoms with Crippen LogP contribution in [0.1, 0.15) is 72.5 Å². The van der Waals surface area contributed by atoms with Gasteiger partial charge in [-0.05, 0) is 99.0 Å². The van der Waals surface area contributed by atoms with E-state index in [0.717, 1.165) is 61.6 Å². The second-order valence-corrected chi connectivity index (χ2v) is 16.4. The van der Waals surface area contributed by atoms with Crippen LogP contribution >= 0.6 is 22.9 Å². The minimum Gasteiger partial charge on any atom is -0.372 e. The standard InChI is InChI=1S/C37H43ClFN7OS.C5H7NO2/c38-33-8-4-7-32(35(33)39)36(47)46-20-18-44(19-21-46)26-30-23-29(24-34(41-30)42-37-40-13-22-48-37)28-11-14-43(15-12-28)25-27-9-16-45(17-10-27)31-5-2-1-3-6-31;7-4-2-1-3-5(8)6-4/h1-8,13,22-24,27-28H,9-12,14-21,25-26H2,(H,40,41,42);1-3H2,(H,6,7,8). The zero-order chi connectivity index (χ0) is 38.9. The Hall–Kier alpha value is -4.43. The Morgan fingerprint density at radius 1 is 0.875 bits per heavy atom. The van der Waals surface area contributed by atoms with Gasteiger partial charge in [0.25, 0.3) is 5.91 Å². The fourth-order valence-corrected chi connectivity index (χ4v) is 8.79. The molecule has 4 aliphatic heterocycles. The van der Waals surface area contributed by atoms with E-state index in [1.54, 1.807) is 28.5 Å². The molecule has 2 aromatic heterocycles. The van der Waals surface area contributed by atoms with Gasteiger partial charge in [0, 0.05) is 82.5 Å². The van der Waals surface area contributed by atoms with Crippen molar-refractivity contribution in [3.8, 4) is 0 Å². The van der Waals surface area contributed by atoms with Gasteiger partial charge in [-0.2, -0.15) is 0 Å². The van der Waals surface area contributed by atoms with E-state index in [1.807, 2.05) is 5.38 Å². The molecule has 0 unspecified atom stereocenters. The van der Waals surface area contributed by atoms with Crippen LogP contribution in [0.15, 0.2) is 72.2 Å². The average molecular weight is 801 g/mol. The summed E-state index contributed by atoms with van der Waals surface area (Å²) in [4.78, 5) is 52.4. The number of anilines is 3. The Bertz CT molecular complexity index is 1920. The SMILES string of the molecule is O=C(c1cccc(Cl)c1F)N1CCN(Cc2cc(C3CCN(CC4CCN(c5ccccc5)CC4)CC3)cc(Nc3nccs3)n2)CC1.O=C1CCCC(=O)N1. The van der Waals surface area contributed by atoms with Crippen LogP contribution < -0.4 is 15.5 Å². The van der Waals surface area contributed by atoms with Gasteiger partial charge in [0.1, 0.15) is 5.82 Å². The Labute approximate surface area is 337 Å². The third-order valence-corrected chi connectivity index (χ3v) is 12.2. The highest BCUT2D eigenvalue weighted by molar-refractivity contribution is 7.13. The minimum absolute atomic E-state index is 0.0295. The molecular weight excluding hydrogens is 751 g/mol. The number of amides is 3. The Morgan fingerprint density at radius 2 is 1.61 bits per heavy atom. The number of nitrogens with zero attached hydrogens (tertiary/aromatic N) is 6. The van der Waals surface area contributed by atoms with Crippen molar-refractivity contribution in [1.29, 1.82) is 0 Å². The first-order valence-corrected chi connectivity index (χ1v) is 21.0. The van der Waals surface area contributed by atoms with E-state index in [2.05, 4.69) is 72.8 Å². The Balaban J connectivity index is 0.000000536. The van der Waals surface area contributed by atoms with E-state index in [4.69, 9.17) is 16.6 Å². The maximum Gasteiger partial charge on any atom is 0.256 e. The van der Waals surface area contributed by atoms with Crippen LogP contribution in [0.25, 0.3) is 0 Å². The second-order valence-electron chi connectivity index (χ2n) is 15.1. The number of hydrogen-bond donors (Lipinski definition) is 2. The first-order chi connectivity index (χ1) is 27.3. The number of likely N-dealkylation sites (tertiary alicyclic amines) is 1. The molecule has 2 N–H and O–H groups in total. The van der Waals surface area contributed by atoms with Gasteiger partial charge in [-0.1, -0.05) is 35.9 Å². The van der Waals surface area contributed by atoms with E-state index in [9.17, 15) is 18.8 Å². The van der Waals surface area contributed by atoms with Crippen LogP contribution in [0.4, 0.5) is 21.0 Å². The number of hydrogen-bond acceptors (Lipinski definition) is 10. The number of imide groups is 1. The van der Waals surface area contributed by atoms with Gasteiger partial charge in [-0.15, -0.1) is 11.3 Å². The van der Waals surface area contributed by atoms with Crippen LogP contribution in [0.3, 0.4) is 0 Å². The predicted molar refractivity (Wildman–Crippen MR) is 219 cm³/mol. The summed E-state index contributed by atoms with van der Waals surface area (Å²) in [6.45, 7) is 8.86. The zero-order valence-corrected chi connectivity index (χ0v) is 33.2. The van der Waals surface area contributed by atoms with Gasteiger partial charge in [0.15, 0.2) is 10.9 Å². The van der Waals surface area contributed by atoms with Crippen molar-refractivity contribution < 1.29 is 18.8 Å². The molecule has 2 aromatic carbocycles. The molecule has 8 rings (SSSR count). The number of thiazole rings is 1. The maximum atomic E-state index is 14.5. The van der Waals surface area contributed by atoms with Gasteiger partial charge < -0.3 is 20.0 Å². The Morgan fingerprint density at radius 3 is 2.27 bits per heavy atom. The molecule has 14 heteroatoms. The van der Waals surface area contributed by atoms with Crippen LogP contribution in [0.2, 0.25) is 5.02 Å². The van der Waals surface area contributed by atoms with Crippen molar-refractivity contribution in [1.82, 2.24) is 30.0 Å². The molecule has 4 aliphatic rings. The molecule has 56 heavy (non-hydrogen) atoms. The maximum absolute atomic E-state index is 14.5. The van der Waals surface area contributed by atoms with Crippen LogP contribution in [-0.2, 0) is 16.1 Å². The van der Waals surface area contributed by atoms with Gasteiger partial charge in [-0.3, -0.25) is 24.6 Å². The van der Waals surface area contributed by atoms with Crippen LogP contribution in [0, 0.1) is 11.7 Å². The van der Waals surface area contributed by atoms with Gasteiger partial charge in [0.05, 0.1) is 16.3 Å². The lowest BCUT2D eigenvalue weighted by Gasteiger charge is -2.38. The van der Waals surface area contributed by atoms with Crippen molar-refractivity contribution in [2.45, 2.75) is 57.4 Å². The first kappa shape index (κ1) is 39.8. The van der Waals surface area contributed by atoms with Gasteiger partial charge >= 0.3 is 0 Å². The fraction of sp³-hybridized carbons (Fsp3) is 0.452. The van der Waals surface area contributed by atoms with Gasteiger partial charge in [-0.25, -0.2) is 14.4 Å². The van der Waals surface area contributed by atoms with Crippen molar-refractivity contribution >= 4 is 57.3 Å². The van der Waals surface area contributed by atoms with Crippen molar-refractivity contribution in [2.24, 2.45) is 5.92 Å². The van der Waals surface area contributed by atoms with E-state index in [0.29, 0.717) is 57.9 Å². The number of pyridine rings is 1. The smallest absolute Gasteiger partial charge is 0.256 e. The highest BCUT2D eigenvalue weighted by Crippen LogP contribution is 2.33. The quantitative estimate of drug-likeness (QED) is 0.174. The largest absolute Gasteiger partial charge is 0.372 e. The summed E-state index contributed by atoms with van der Waals surface area (Å²) >= 11 is 7.50. The van der Waals surface area contributed by atoms with E-state index >= 15 is 0 Å². The monoisotopic (exact) mass is 800 g/mol. The molecule has 0 aliphatic carbocycles. The number of rotatable bonds is 9. The van der Waals surface area contributed by atoms with E-state index in [1.165, 1.54) is 42.8 Å². The lowest BCUT2D eigenvalue weighted by Crippen LogP contribution is -2.48. The van der Waals surface area contributed by atoms with E-state index in [-0.39, 0.29) is 28.3 Å². The molecular formula is C42H50ClFN8O3S. The summed E-state index contributed by atoms with van der Waals surface area (Å²) in [7, 11) is 0. The number of benzene rings is 2. The Kier molecular flexibility index (Phi) is 13.6. The zero-order valence-electron chi connectivity index (χ0n) is 31.7. The first-order valence-electron chi connectivity index (χ1n) is 19.8. The molecule has 4 aromatic rings. The molecule has 4 fully saturated rings. The molecule has 296 valence electrons. The number of carbonyl (C=O) groups is 3. The molecule has 6 heterocycles. The minimum atomic E-state index is -0.650. The van der Waals surface area contributed by atoms with E-state index < -0.39 is 5.82 Å². The molecule has 11 nitrogen and oxygen atoms in total. The summed E-state index contributed by atoms with van der Waals surface area (Å²) in [5, 5.41) is 8.40. The molecule has 0 radical (unpaired) electrons. The summed E-state index contributed by atoms with van der Waals surface area (Å²) < 4.78 is 14.5. The average Bonchev–Trinajstić information content (AvgIpc) is 3.73. The number of piperidine rings is 3. The lowest BCUT2D eigenvalue weighted by atomic mass is 9.88. The third kappa shape index (κ3) is 10.7.